The van der Waals surface area contributed by atoms with Crippen LogP contribution in [0.25, 0.3) is 11.1 Å². The maximum atomic E-state index is 16.0. The highest BCUT2D eigenvalue weighted by molar-refractivity contribution is 7.85. The normalized spacial score (nSPS) is 16.6. The summed E-state index contributed by atoms with van der Waals surface area (Å²) in [5.41, 5.74) is -4.70. The molecule has 1 aliphatic heterocycles. The molecule has 272 valence electrons. The first-order valence-corrected chi connectivity index (χ1v) is 17.0. The number of ether oxygens (including phenoxy) is 2. The molecule has 15 heteroatoms. The van der Waals surface area contributed by atoms with Crippen LogP contribution in [0.3, 0.4) is 0 Å². The summed E-state index contributed by atoms with van der Waals surface area (Å²) >= 11 is 0. The molecule has 0 saturated carbocycles. The second-order valence-corrected chi connectivity index (χ2v) is 13.4. The van der Waals surface area contributed by atoms with E-state index in [0.717, 1.165) is 34.9 Å². The molecule has 0 saturated heterocycles. The lowest BCUT2D eigenvalue weighted by Gasteiger charge is -2.28. The predicted molar refractivity (Wildman–Crippen MR) is 175 cm³/mol. The number of rotatable bonds is 12. The lowest BCUT2D eigenvalue weighted by Crippen LogP contribution is -2.37. The molecule has 1 N–H and O–H groups in total. The third kappa shape index (κ3) is 7.80. The molecule has 3 aromatic carbocycles. The maximum absolute atomic E-state index is 16.0. The van der Waals surface area contributed by atoms with E-state index in [1.54, 1.807) is 30.3 Å². The van der Waals surface area contributed by atoms with Crippen molar-refractivity contribution in [1.82, 2.24) is 9.88 Å². The first kappa shape index (κ1) is 37.9. The summed E-state index contributed by atoms with van der Waals surface area (Å²) in [6.07, 6.45) is -5.79. The Morgan fingerprint density at radius 3 is 2.29 bits per heavy atom. The molecular weight excluding hydrogens is 705 g/mol. The van der Waals surface area contributed by atoms with Crippen LogP contribution >= 0.6 is 0 Å². The Bertz CT molecular complexity index is 2010. The van der Waals surface area contributed by atoms with Crippen molar-refractivity contribution in [2.45, 2.75) is 49.5 Å². The quantitative estimate of drug-likeness (QED) is 0.0958. The van der Waals surface area contributed by atoms with Crippen molar-refractivity contribution in [2.24, 2.45) is 0 Å². The van der Waals surface area contributed by atoms with Crippen LogP contribution in [0.4, 0.5) is 30.7 Å². The van der Waals surface area contributed by atoms with E-state index < -0.39 is 92.4 Å². The molecule has 0 fully saturated rings. The van der Waals surface area contributed by atoms with Gasteiger partial charge >= 0.3 is 12.1 Å². The van der Waals surface area contributed by atoms with Crippen molar-refractivity contribution in [3.8, 4) is 11.1 Å². The van der Waals surface area contributed by atoms with E-state index in [0.29, 0.717) is 18.6 Å². The summed E-state index contributed by atoms with van der Waals surface area (Å²) in [7, 11) is -0.859. The third-order valence-corrected chi connectivity index (χ3v) is 10.2. The topological polar surface area (TPSA) is 86.6 Å². The minimum Gasteiger partial charge on any atom is -0.467 e. The highest BCUT2D eigenvalue weighted by Gasteiger charge is 2.41. The molecule has 3 unspecified atom stereocenters. The molecule has 0 amide bonds. The number of carbonyl (C=O) groups is 1. The van der Waals surface area contributed by atoms with Crippen molar-refractivity contribution >= 4 is 16.8 Å². The van der Waals surface area contributed by atoms with Crippen molar-refractivity contribution in [1.29, 1.82) is 0 Å². The average Bonchev–Trinajstić information content (AvgIpc) is 3.41. The van der Waals surface area contributed by atoms with Crippen LogP contribution in [-0.4, -0.2) is 47.4 Å². The average molecular weight is 739 g/mol. The number of esters is 1. The molecule has 5 rings (SSSR count). The highest BCUT2D eigenvalue weighted by atomic mass is 32.2. The molecule has 7 nitrogen and oxygen atoms in total. The van der Waals surface area contributed by atoms with Crippen molar-refractivity contribution in [2.75, 3.05) is 32.6 Å². The fourth-order valence-electron chi connectivity index (χ4n) is 6.34. The largest absolute Gasteiger partial charge is 0.467 e. The number of nitrogens with zero attached hydrogens (tertiary/aromatic N) is 1. The van der Waals surface area contributed by atoms with Gasteiger partial charge < -0.3 is 14.8 Å². The van der Waals surface area contributed by atoms with Crippen LogP contribution in [0.2, 0.25) is 0 Å². The number of fused-ring (bicyclic) bond motifs is 1. The number of methoxy groups -OCH3 is 1. The lowest BCUT2D eigenvalue weighted by molar-refractivity contribution is -0.145. The van der Waals surface area contributed by atoms with Crippen molar-refractivity contribution < 1.29 is 49.2 Å². The first-order valence-electron chi connectivity index (χ1n) is 15.7. The van der Waals surface area contributed by atoms with Gasteiger partial charge in [-0.1, -0.05) is 54.6 Å². The SMILES string of the molecule is COC(=O)COCCNC(c1ccccc1)C1CS(=O)c2c(Cc3c(F)cccc3C(F)(F)F)c(C)c(-c3cccc(C(C)(F)F)c3F)c(=O)n21. The molecule has 1 aromatic heterocycles. The van der Waals surface area contributed by atoms with Crippen molar-refractivity contribution in [3.63, 3.8) is 0 Å². The second-order valence-electron chi connectivity index (χ2n) is 12.0. The number of aromatic nitrogens is 1. The Morgan fingerprint density at radius 1 is 0.980 bits per heavy atom. The number of hydrogen-bond donors (Lipinski definition) is 1. The van der Waals surface area contributed by atoms with Gasteiger partial charge in [-0.3, -0.25) is 13.6 Å². The maximum Gasteiger partial charge on any atom is 0.416 e. The van der Waals surface area contributed by atoms with Crippen LogP contribution in [0.5, 0.6) is 0 Å². The van der Waals surface area contributed by atoms with E-state index in [4.69, 9.17) is 4.74 Å². The van der Waals surface area contributed by atoms with Crippen LogP contribution < -0.4 is 10.9 Å². The molecule has 3 atom stereocenters. The molecule has 4 aromatic rings. The Morgan fingerprint density at radius 2 is 1.65 bits per heavy atom. The van der Waals surface area contributed by atoms with E-state index in [9.17, 15) is 35.8 Å². The molecule has 0 aliphatic carbocycles. The lowest BCUT2D eigenvalue weighted by atomic mass is 9.91. The minimum absolute atomic E-state index is 0.00284. The molecule has 0 bridgehead atoms. The van der Waals surface area contributed by atoms with E-state index in [-0.39, 0.29) is 41.7 Å². The number of pyridine rings is 1. The summed E-state index contributed by atoms with van der Waals surface area (Å²) in [6.45, 7) is 1.52. The number of carbonyl (C=O) groups excluding carboxylic acids is 1. The Kier molecular flexibility index (Phi) is 11.2. The summed E-state index contributed by atoms with van der Waals surface area (Å²) in [4.78, 5) is 26.1. The fraction of sp³-hybridized carbons (Fsp3) is 0.333. The predicted octanol–water partition coefficient (Wildman–Crippen LogP) is 7.01. The fourth-order valence-corrected chi connectivity index (χ4v) is 8.09. The minimum atomic E-state index is -4.99. The van der Waals surface area contributed by atoms with Gasteiger partial charge in [0.05, 0.1) is 59.0 Å². The van der Waals surface area contributed by atoms with Crippen LogP contribution in [0.15, 0.2) is 76.6 Å². The number of nitrogens with one attached hydrogen (secondary N) is 1. The van der Waals surface area contributed by atoms with Gasteiger partial charge in [0.2, 0.25) is 0 Å². The number of benzene rings is 3. The molecule has 2 heterocycles. The first-order chi connectivity index (χ1) is 24.1. The highest BCUT2D eigenvalue weighted by Crippen LogP contribution is 2.42. The molecule has 0 spiro atoms. The van der Waals surface area contributed by atoms with Crippen LogP contribution in [0.1, 0.15) is 52.4 Å². The van der Waals surface area contributed by atoms with Gasteiger partial charge in [0.1, 0.15) is 23.3 Å². The monoisotopic (exact) mass is 738 g/mol. The van der Waals surface area contributed by atoms with Gasteiger partial charge in [-0.25, -0.2) is 22.4 Å². The summed E-state index contributed by atoms with van der Waals surface area (Å²) in [5.74, 6) is -7.15. The van der Waals surface area contributed by atoms with Crippen LogP contribution in [0, 0.1) is 18.6 Å². The van der Waals surface area contributed by atoms with Crippen molar-refractivity contribution in [3.05, 3.63) is 122 Å². The number of alkyl halides is 5. The summed E-state index contributed by atoms with van der Waals surface area (Å²) in [6, 6.07) is 12.3. The Balaban J connectivity index is 1.75. The Hall–Kier alpha value is -4.34. The second kappa shape index (κ2) is 15.1. The molecule has 1 aliphatic rings. The number of hydrogen-bond acceptors (Lipinski definition) is 6. The van der Waals surface area contributed by atoms with Gasteiger partial charge in [0, 0.05) is 31.0 Å². The molecule has 0 radical (unpaired) electrons. The summed E-state index contributed by atoms with van der Waals surface area (Å²) in [5, 5.41) is 3.04. The Labute approximate surface area is 290 Å². The van der Waals surface area contributed by atoms with Gasteiger partial charge in [-0.2, -0.15) is 13.2 Å². The molecular formula is C36H33F7N2O5S. The number of halogens is 7. The van der Waals surface area contributed by atoms with Gasteiger partial charge in [0.25, 0.3) is 11.5 Å². The zero-order chi connectivity index (χ0) is 37.2. The van der Waals surface area contributed by atoms with Crippen LogP contribution in [-0.2, 0) is 43.6 Å². The van der Waals surface area contributed by atoms with E-state index in [2.05, 4.69) is 10.1 Å². The standard InChI is InChI=1S/C36H33F7N2O5S/c1-20-23(17-24-25(36(41,42)43)12-8-14-27(24)37)34-45(33(47)30(20)22-11-7-13-26(31(22)38)35(2,39)40)28(19-51(34)48)32(21-9-5-4-6-10-21)44-15-16-50-18-29(46)49-3/h4-14,28,32,44H,15-19H2,1-3H3. The third-order valence-electron chi connectivity index (χ3n) is 8.73. The molecule has 51 heavy (non-hydrogen) atoms. The van der Waals surface area contributed by atoms with E-state index in [1.807, 2.05) is 0 Å². The van der Waals surface area contributed by atoms with E-state index >= 15 is 8.78 Å². The van der Waals surface area contributed by atoms with Gasteiger partial charge in [-0.15, -0.1) is 0 Å². The zero-order valence-electron chi connectivity index (χ0n) is 27.6. The van der Waals surface area contributed by atoms with Gasteiger partial charge in [-0.05, 0) is 35.7 Å². The van der Waals surface area contributed by atoms with E-state index in [1.165, 1.54) is 14.0 Å². The van der Waals surface area contributed by atoms with Gasteiger partial charge in [0.15, 0.2) is 0 Å². The zero-order valence-corrected chi connectivity index (χ0v) is 28.4. The smallest absolute Gasteiger partial charge is 0.416 e. The summed E-state index contributed by atoms with van der Waals surface area (Å²) < 4.78 is 128.